The monoisotopic (exact) mass is 695 g/mol. The zero-order chi connectivity index (χ0) is 35.2. The van der Waals surface area contributed by atoms with Crippen LogP contribution in [0.25, 0.3) is 11.2 Å². The molecule has 12 nitrogen and oxygen atoms in total. The summed E-state index contributed by atoms with van der Waals surface area (Å²) in [6.45, 7) is 5.71. The summed E-state index contributed by atoms with van der Waals surface area (Å²) in [4.78, 5) is 31.9. The summed E-state index contributed by atoms with van der Waals surface area (Å²) in [7, 11) is 0. The molecule has 1 aliphatic rings. The molecule has 0 aliphatic carbocycles. The number of ether oxygens (including phenoxy) is 1. The number of alkyl carbamates (subject to hydrolysis) is 1. The molecule has 3 atom stereocenters. The maximum absolute atomic E-state index is 14.7. The minimum atomic E-state index is -4.76. The van der Waals surface area contributed by atoms with Gasteiger partial charge in [-0.15, -0.1) is 0 Å². The Kier molecular flexibility index (Phi) is 9.11. The normalized spacial score (nSPS) is 18.4. The van der Waals surface area contributed by atoms with E-state index in [9.17, 15) is 31.5 Å². The second-order valence-electron chi connectivity index (χ2n) is 12.5. The summed E-state index contributed by atoms with van der Waals surface area (Å²) in [6.07, 6.45) is -4.90. The summed E-state index contributed by atoms with van der Waals surface area (Å²) in [5.41, 5.74) is -0.769. The van der Waals surface area contributed by atoms with Crippen LogP contribution in [0.15, 0.2) is 55.1 Å². The predicted molar refractivity (Wildman–Crippen MR) is 163 cm³/mol. The van der Waals surface area contributed by atoms with Crippen LogP contribution < -0.4 is 10.6 Å². The fraction of sp³-hybridized carbons (Fsp3) is 0.400. The lowest BCUT2D eigenvalue weighted by molar-refractivity contribution is -0.150. The Morgan fingerprint density at radius 2 is 1.88 bits per heavy atom. The van der Waals surface area contributed by atoms with Crippen LogP contribution in [0.4, 0.5) is 26.7 Å². The van der Waals surface area contributed by atoms with Gasteiger partial charge in [0.2, 0.25) is 0 Å². The van der Waals surface area contributed by atoms with Crippen LogP contribution in [-0.4, -0.2) is 66.1 Å². The number of hydrogen-bond acceptors (Lipinski definition) is 7. The van der Waals surface area contributed by atoms with E-state index in [2.05, 4.69) is 20.5 Å². The average molecular weight is 696 g/mol. The van der Waals surface area contributed by atoms with Gasteiger partial charge in [0.25, 0.3) is 12.3 Å². The molecular weight excluding hydrogens is 665 g/mol. The Labute approximate surface area is 275 Å². The topological polar surface area (TPSA) is 143 Å². The minimum Gasteiger partial charge on any atom is -0.447 e. The summed E-state index contributed by atoms with van der Waals surface area (Å²) >= 11 is 6.37. The number of pyridine rings is 1. The molecule has 0 unspecified atom stereocenters. The van der Waals surface area contributed by atoms with Gasteiger partial charge < -0.3 is 15.4 Å². The van der Waals surface area contributed by atoms with Gasteiger partial charge in [0, 0.05) is 12.4 Å². The zero-order valence-corrected chi connectivity index (χ0v) is 26.8. The first-order chi connectivity index (χ1) is 22.4. The molecule has 4 aromatic rings. The molecule has 1 saturated heterocycles. The smallest absolute Gasteiger partial charge is 0.408 e. The Morgan fingerprint density at radius 3 is 2.54 bits per heavy atom. The lowest BCUT2D eigenvalue weighted by atomic mass is 9.75. The van der Waals surface area contributed by atoms with Crippen molar-refractivity contribution in [3.8, 4) is 5.69 Å². The lowest BCUT2D eigenvalue weighted by Crippen LogP contribution is -2.47. The molecule has 4 heterocycles. The molecular formula is C30H31ClF5N9O3. The quantitative estimate of drug-likeness (QED) is 0.185. The van der Waals surface area contributed by atoms with E-state index >= 15 is 0 Å². The van der Waals surface area contributed by atoms with Gasteiger partial charge in [-0.2, -0.15) is 23.4 Å². The molecule has 3 N–H and O–H groups in total. The Morgan fingerprint density at radius 1 is 1.15 bits per heavy atom. The first-order valence-electron chi connectivity index (χ1n) is 14.5. The van der Waals surface area contributed by atoms with Crippen molar-refractivity contribution in [2.24, 2.45) is 5.41 Å². The van der Waals surface area contributed by atoms with Gasteiger partial charge in [0.15, 0.2) is 11.8 Å². The number of alkyl halides is 5. The molecule has 48 heavy (non-hydrogen) atoms. The highest BCUT2D eigenvalue weighted by atomic mass is 35.5. The fourth-order valence-electron chi connectivity index (χ4n) is 5.58. The predicted octanol–water partition coefficient (Wildman–Crippen LogP) is 5.92. The fourth-order valence-corrected chi connectivity index (χ4v) is 5.78. The van der Waals surface area contributed by atoms with Gasteiger partial charge in [-0.1, -0.05) is 38.4 Å². The molecule has 1 fully saturated rings. The Balaban J connectivity index is 1.60. The number of fused-ring (bicyclic) bond motifs is 1. The molecule has 0 radical (unpaired) electrons. The van der Waals surface area contributed by atoms with Crippen molar-refractivity contribution in [3.63, 3.8) is 0 Å². The zero-order valence-electron chi connectivity index (χ0n) is 26.0. The maximum Gasteiger partial charge on any atom is 0.408 e. The van der Waals surface area contributed by atoms with Gasteiger partial charge in [-0.3, -0.25) is 15.1 Å². The third-order valence-corrected chi connectivity index (χ3v) is 8.03. The number of aromatic nitrogens is 5. The van der Waals surface area contributed by atoms with Crippen LogP contribution in [0.3, 0.4) is 0 Å². The van der Waals surface area contributed by atoms with E-state index in [0.717, 1.165) is 22.8 Å². The van der Waals surface area contributed by atoms with Gasteiger partial charge in [-0.25, -0.2) is 27.8 Å². The van der Waals surface area contributed by atoms with Gasteiger partial charge in [0.05, 0.1) is 22.3 Å². The second-order valence-corrected chi connectivity index (χ2v) is 12.9. The molecule has 1 aromatic carbocycles. The highest BCUT2D eigenvalue weighted by molar-refractivity contribution is 6.32. The number of halogens is 6. The number of amides is 2. The minimum absolute atomic E-state index is 0.0281. The molecule has 0 saturated carbocycles. The van der Waals surface area contributed by atoms with Gasteiger partial charge in [-0.05, 0) is 60.2 Å². The van der Waals surface area contributed by atoms with E-state index < -0.39 is 66.0 Å². The summed E-state index contributed by atoms with van der Waals surface area (Å²) in [6, 6.07) is 5.61. The maximum atomic E-state index is 14.7. The molecule has 1 aliphatic heterocycles. The second kappa shape index (κ2) is 12.7. The van der Waals surface area contributed by atoms with Crippen LogP contribution >= 0.6 is 11.6 Å². The molecule has 0 spiro atoms. The SMILES string of the molecule is C[C@H](NC(=O)OC[C@H](c1ccc(Cl)c(-n2ncnc2C(F)F)c1)N1C(=N)N[C@](CC(C)(C)C)(c2ccn3nccc3c2)C1=O)C(F)(F)F. The number of nitrogens with one attached hydrogen (secondary N) is 3. The number of benzene rings is 1. The first kappa shape index (κ1) is 34.5. The summed E-state index contributed by atoms with van der Waals surface area (Å²) in [5, 5.41) is 21.7. The van der Waals surface area contributed by atoms with Crippen molar-refractivity contribution < 1.29 is 36.3 Å². The van der Waals surface area contributed by atoms with Crippen molar-refractivity contribution in [1.29, 1.82) is 5.41 Å². The van der Waals surface area contributed by atoms with E-state index in [-0.39, 0.29) is 22.7 Å². The van der Waals surface area contributed by atoms with E-state index in [0.29, 0.717) is 11.1 Å². The van der Waals surface area contributed by atoms with Crippen molar-refractivity contribution in [2.45, 2.75) is 64.3 Å². The van der Waals surface area contributed by atoms with Crippen LogP contribution in [-0.2, 0) is 15.1 Å². The number of guanidine groups is 1. The lowest BCUT2D eigenvalue weighted by Gasteiger charge is -2.35. The number of carbonyl (C=O) groups excluding carboxylic acids is 2. The molecule has 5 rings (SSSR count). The highest BCUT2D eigenvalue weighted by Crippen LogP contribution is 2.43. The summed E-state index contributed by atoms with van der Waals surface area (Å²) in [5.74, 6) is -1.76. The van der Waals surface area contributed by atoms with Gasteiger partial charge >= 0.3 is 12.3 Å². The number of nitrogens with zero attached hydrogens (tertiary/aromatic N) is 6. The standard InChI is InChI=1S/C30H31ClF5N9O3/c1-16(30(34,35)36)41-27(47)48-13-22(17-5-6-20(31)21(11-17)45-24(23(32)33)38-15-40-45)44-25(46)29(42-26(44)37,14-28(2,3)4)18-8-10-43-19(12-18)7-9-39-43/h5-12,15-16,22-23H,13-14H2,1-4H3,(H2,37,42)(H,41,47)/t16-,22+,29+/m0/s1. The van der Waals surface area contributed by atoms with E-state index in [1.807, 2.05) is 20.8 Å². The molecule has 0 bridgehead atoms. The van der Waals surface area contributed by atoms with Crippen molar-refractivity contribution in [1.82, 2.24) is 39.9 Å². The third kappa shape index (κ3) is 6.77. The Bertz CT molecular complexity index is 1850. The van der Waals surface area contributed by atoms with E-state index in [4.69, 9.17) is 21.7 Å². The van der Waals surface area contributed by atoms with E-state index in [1.54, 1.807) is 40.4 Å². The molecule has 256 valence electrons. The number of hydrogen-bond donors (Lipinski definition) is 3. The third-order valence-electron chi connectivity index (χ3n) is 7.71. The summed E-state index contributed by atoms with van der Waals surface area (Å²) < 4.78 is 74.5. The van der Waals surface area contributed by atoms with Gasteiger partial charge in [0.1, 0.15) is 24.5 Å². The number of rotatable bonds is 9. The van der Waals surface area contributed by atoms with Crippen molar-refractivity contribution in [3.05, 3.63) is 77.1 Å². The first-order valence-corrected chi connectivity index (χ1v) is 14.9. The molecule has 2 amide bonds. The highest BCUT2D eigenvalue weighted by Gasteiger charge is 2.55. The van der Waals surface area contributed by atoms with Crippen molar-refractivity contribution in [2.75, 3.05) is 6.61 Å². The molecule has 18 heteroatoms. The van der Waals surface area contributed by atoms with Crippen LogP contribution in [0.5, 0.6) is 0 Å². The van der Waals surface area contributed by atoms with Crippen LogP contribution in [0, 0.1) is 10.8 Å². The molecule has 3 aromatic heterocycles. The van der Waals surface area contributed by atoms with Crippen molar-refractivity contribution >= 4 is 35.1 Å². The average Bonchev–Trinajstić information content (AvgIpc) is 3.72. The number of carbonyl (C=O) groups is 2. The van der Waals surface area contributed by atoms with E-state index in [1.165, 1.54) is 18.2 Å². The largest absolute Gasteiger partial charge is 0.447 e. The van der Waals surface area contributed by atoms with Crippen LogP contribution in [0.2, 0.25) is 5.02 Å². The Hall–Kier alpha value is -4.80. The van der Waals surface area contributed by atoms with Crippen LogP contribution in [0.1, 0.15) is 63.5 Å².